The zero-order valence-corrected chi connectivity index (χ0v) is 13.4. The van der Waals surface area contributed by atoms with Crippen LogP contribution in [-0.2, 0) is 9.59 Å². The van der Waals surface area contributed by atoms with Crippen LogP contribution in [0.15, 0.2) is 29.2 Å². The lowest BCUT2D eigenvalue weighted by Gasteiger charge is -2.42. The fourth-order valence-corrected chi connectivity index (χ4v) is 3.38. The molecule has 0 saturated carbocycles. The highest BCUT2D eigenvalue weighted by Crippen LogP contribution is 2.38. The first kappa shape index (κ1) is 15.9. The fourth-order valence-electron chi connectivity index (χ4n) is 2.98. The third kappa shape index (κ3) is 3.23. The van der Waals surface area contributed by atoms with Crippen LogP contribution in [0, 0.1) is 5.92 Å². The normalized spacial score (nSPS) is 22.7. The molecule has 1 aromatic rings. The van der Waals surface area contributed by atoms with E-state index in [0.29, 0.717) is 12.8 Å². The molecule has 1 aliphatic heterocycles. The Labute approximate surface area is 129 Å². The molecule has 4 nitrogen and oxygen atoms in total. The van der Waals surface area contributed by atoms with E-state index in [-0.39, 0.29) is 18.0 Å². The molecule has 1 aliphatic rings. The highest BCUT2D eigenvalue weighted by atomic mass is 32.2. The second-order valence-corrected chi connectivity index (χ2v) is 6.48. The average Bonchev–Trinajstić information content (AvgIpc) is 2.46. The minimum absolute atomic E-state index is 0.00937. The molecule has 1 aromatic carbocycles. The van der Waals surface area contributed by atoms with Gasteiger partial charge in [-0.2, -0.15) is 0 Å². The smallest absolute Gasteiger partial charge is 0.308 e. The number of aliphatic carboxylic acids is 1. The van der Waals surface area contributed by atoms with Crippen LogP contribution in [-0.4, -0.2) is 34.2 Å². The number of hydrogen-bond donors (Lipinski definition) is 1. The molecule has 0 bridgehead atoms. The van der Waals surface area contributed by atoms with Crippen molar-refractivity contribution in [3.8, 4) is 0 Å². The molecule has 114 valence electrons. The van der Waals surface area contributed by atoms with Crippen LogP contribution in [0.1, 0.15) is 38.3 Å². The third-order valence-electron chi connectivity index (χ3n) is 3.97. The van der Waals surface area contributed by atoms with Gasteiger partial charge in [0.25, 0.3) is 0 Å². The number of piperidine rings is 1. The number of carbonyl (C=O) groups excluding carboxylic acids is 1. The molecule has 0 radical (unpaired) electrons. The molecule has 2 unspecified atom stereocenters. The number of thioether (sulfide) groups is 1. The van der Waals surface area contributed by atoms with Crippen molar-refractivity contribution in [2.75, 3.05) is 6.26 Å². The number of amides is 1. The Kier molecular flexibility index (Phi) is 4.93. The SMILES string of the molecule is CSc1ccc(C2C(C(=O)O)CCC(=O)N2C(C)C)cc1. The Balaban J connectivity index is 2.43. The summed E-state index contributed by atoms with van der Waals surface area (Å²) in [6.45, 7) is 3.87. The second kappa shape index (κ2) is 6.52. The molecular weight excluding hydrogens is 286 g/mol. The quantitative estimate of drug-likeness (QED) is 0.868. The average molecular weight is 307 g/mol. The predicted molar refractivity (Wildman–Crippen MR) is 83.3 cm³/mol. The number of carboxylic acids is 1. The minimum Gasteiger partial charge on any atom is -0.481 e. The summed E-state index contributed by atoms with van der Waals surface area (Å²) in [5, 5.41) is 9.51. The largest absolute Gasteiger partial charge is 0.481 e. The van der Waals surface area contributed by atoms with Crippen molar-refractivity contribution >= 4 is 23.6 Å². The van der Waals surface area contributed by atoms with Gasteiger partial charge < -0.3 is 10.0 Å². The van der Waals surface area contributed by atoms with Gasteiger partial charge in [-0.3, -0.25) is 9.59 Å². The summed E-state index contributed by atoms with van der Waals surface area (Å²) in [6.07, 6.45) is 2.72. The van der Waals surface area contributed by atoms with Crippen molar-refractivity contribution in [3.05, 3.63) is 29.8 Å². The number of likely N-dealkylation sites (tertiary alicyclic amines) is 1. The summed E-state index contributed by atoms with van der Waals surface area (Å²) in [6, 6.07) is 7.47. The van der Waals surface area contributed by atoms with Crippen molar-refractivity contribution in [2.45, 2.75) is 43.7 Å². The van der Waals surface area contributed by atoms with E-state index in [0.717, 1.165) is 10.5 Å². The van der Waals surface area contributed by atoms with Gasteiger partial charge in [0.05, 0.1) is 12.0 Å². The summed E-state index contributed by atoms with van der Waals surface area (Å²) in [4.78, 5) is 26.7. The molecule has 2 atom stereocenters. The number of carbonyl (C=O) groups is 2. The van der Waals surface area contributed by atoms with Crippen LogP contribution >= 0.6 is 11.8 Å². The van der Waals surface area contributed by atoms with Crippen LogP contribution < -0.4 is 0 Å². The minimum atomic E-state index is -0.827. The van der Waals surface area contributed by atoms with E-state index < -0.39 is 11.9 Å². The van der Waals surface area contributed by atoms with Crippen molar-refractivity contribution in [3.63, 3.8) is 0 Å². The molecular formula is C16H21NO3S. The Morgan fingerprint density at radius 2 is 1.95 bits per heavy atom. The Morgan fingerprint density at radius 1 is 1.33 bits per heavy atom. The van der Waals surface area contributed by atoms with E-state index in [1.54, 1.807) is 16.7 Å². The summed E-state index contributed by atoms with van der Waals surface area (Å²) in [7, 11) is 0. The van der Waals surface area contributed by atoms with Crippen molar-refractivity contribution in [2.24, 2.45) is 5.92 Å². The molecule has 0 spiro atoms. The molecule has 0 aromatic heterocycles. The molecule has 1 heterocycles. The Hall–Kier alpha value is -1.49. The highest BCUT2D eigenvalue weighted by molar-refractivity contribution is 7.98. The molecule has 1 fully saturated rings. The van der Waals surface area contributed by atoms with Gasteiger partial charge in [-0.05, 0) is 44.2 Å². The lowest BCUT2D eigenvalue weighted by Crippen LogP contribution is -2.48. The number of rotatable bonds is 4. The van der Waals surface area contributed by atoms with Crippen LogP contribution in [0.5, 0.6) is 0 Å². The first-order valence-corrected chi connectivity index (χ1v) is 8.36. The van der Waals surface area contributed by atoms with Crippen molar-refractivity contribution in [1.29, 1.82) is 0 Å². The van der Waals surface area contributed by atoms with Crippen LogP contribution in [0.3, 0.4) is 0 Å². The molecule has 5 heteroatoms. The topological polar surface area (TPSA) is 57.6 Å². The number of hydrogen-bond acceptors (Lipinski definition) is 3. The molecule has 1 saturated heterocycles. The zero-order valence-electron chi connectivity index (χ0n) is 12.6. The summed E-state index contributed by atoms with van der Waals surface area (Å²) < 4.78 is 0. The predicted octanol–water partition coefficient (Wildman–Crippen LogP) is 3.18. The van der Waals surface area contributed by atoms with Gasteiger partial charge in [0.1, 0.15) is 0 Å². The maximum absolute atomic E-state index is 12.2. The van der Waals surface area contributed by atoms with E-state index in [1.807, 2.05) is 44.4 Å². The molecule has 21 heavy (non-hydrogen) atoms. The lowest BCUT2D eigenvalue weighted by atomic mass is 9.83. The maximum atomic E-state index is 12.2. The summed E-state index contributed by atoms with van der Waals surface area (Å²) >= 11 is 1.64. The first-order chi connectivity index (χ1) is 9.95. The highest BCUT2D eigenvalue weighted by Gasteiger charge is 2.41. The van der Waals surface area contributed by atoms with E-state index in [9.17, 15) is 14.7 Å². The van der Waals surface area contributed by atoms with E-state index >= 15 is 0 Å². The molecule has 1 N–H and O–H groups in total. The Bertz CT molecular complexity index is 527. The van der Waals surface area contributed by atoms with Gasteiger partial charge in [0.15, 0.2) is 0 Å². The standard InChI is InChI=1S/C16H21NO3S/c1-10(2)17-14(18)9-8-13(16(19)20)15(17)11-4-6-12(21-3)7-5-11/h4-7,10,13,15H,8-9H2,1-3H3,(H,19,20). The van der Waals surface area contributed by atoms with Crippen LogP contribution in [0.2, 0.25) is 0 Å². The second-order valence-electron chi connectivity index (χ2n) is 5.60. The zero-order chi connectivity index (χ0) is 15.6. The van der Waals surface area contributed by atoms with E-state index in [2.05, 4.69) is 0 Å². The van der Waals surface area contributed by atoms with Gasteiger partial charge in [0, 0.05) is 17.4 Å². The van der Waals surface area contributed by atoms with E-state index in [1.165, 1.54) is 0 Å². The monoisotopic (exact) mass is 307 g/mol. The number of nitrogens with zero attached hydrogens (tertiary/aromatic N) is 1. The van der Waals surface area contributed by atoms with Gasteiger partial charge in [-0.15, -0.1) is 11.8 Å². The molecule has 0 aliphatic carbocycles. The lowest BCUT2D eigenvalue weighted by molar-refractivity contribution is -0.153. The van der Waals surface area contributed by atoms with Gasteiger partial charge in [-0.1, -0.05) is 12.1 Å². The number of benzene rings is 1. The molecule has 1 amide bonds. The first-order valence-electron chi connectivity index (χ1n) is 7.13. The fraction of sp³-hybridized carbons (Fsp3) is 0.500. The maximum Gasteiger partial charge on any atom is 0.308 e. The third-order valence-corrected chi connectivity index (χ3v) is 4.71. The van der Waals surface area contributed by atoms with Crippen LogP contribution in [0.25, 0.3) is 0 Å². The van der Waals surface area contributed by atoms with Gasteiger partial charge in [0.2, 0.25) is 5.91 Å². The van der Waals surface area contributed by atoms with E-state index in [4.69, 9.17) is 0 Å². The van der Waals surface area contributed by atoms with Crippen molar-refractivity contribution < 1.29 is 14.7 Å². The van der Waals surface area contributed by atoms with Gasteiger partial charge in [-0.25, -0.2) is 0 Å². The van der Waals surface area contributed by atoms with Crippen LogP contribution in [0.4, 0.5) is 0 Å². The number of carboxylic acid groups (broad SMARTS) is 1. The van der Waals surface area contributed by atoms with Gasteiger partial charge >= 0.3 is 5.97 Å². The van der Waals surface area contributed by atoms with Crippen molar-refractivity contribution in [1.82, 2.24) is 4.90 Å². The molecule has 2 rings (SSSR count). The summed E-state index contributed by atoms with van der Waals surface area (Å²) in [5.41, 5.74) is 0.905. The Morgan fingerprint density at radius 3 is 2.43 bits per heavy atom. The summed E-state index contributed by atoms with van der Waals surface area (Å²) in [5.74, 6) is -1.32.